The molecule has 0 aliphatic heterocycles. The van der Waals surface area contributed by atoms with Crippen molar-refractivity contribution in [1.82, 2.24) is 0 Å². The molecule has 2 rings (SSSR count). The summed E-state index contributed by atoms with van der Waals surface area (Å²) in [4.78, 5) is 0.432. The highest BCUT2D eigenvalue weighted by Gasteiger charge is 2.32. The van der Waals surface area contributed by atoms with Crippen molar-refractivity contribution in [1.29, 1.82) is 0 Å². The molecular weight excluding hydrogens is 272 g/mol. The Morgan fingerprint density at radius 2 is 2.27 bits per heavy atom. The molecule has 1 aliphatic rings. The standard InChI is InChI=1S/C11H13BrN2S/c1-6-4-10(6)14-9-3-2-7(11(13)15)5-8(9)12/h2-3,5-6,10,14H,4H2,1H3,(H2,13,15). The first-order valence-corrected chi connectivity index (χ1v) is 6.14. The zero-order chi connectivity index (χ0) is 11.0. The van der Waals surface area contributed by atoms with Gasteiger partial charge in [-0.2, -0.15) is 0 Å². The number of rotatable bonds is 3. The van der Waals surface area contributed by atoms with Crippen molar-refractivity contribution >= 4 is 38.8 Å². The summed E-state index contributed by atoms with van der Waals surface area (Å²) in [6, 6.07) is 6.54. The molecule has 15 heavy (non-hydrogen) atoms. The second kappa shape index (κ2) is 4.10. The lowest BCUT2D eigenvalue weighted by molar-refractivity contribution is 0.929. The summed E-state index contributed by atoms with van der Waals surface area (Å²) in [6.45, 7) is 2.24. The number of nitrogens with two attached hydrogens (primary N) is 1. The van der Waals surface area contributed by atoms with E-state index in [0.717, 1.165) is 21.6 Å². The smallest absolute Gasteiger partial charge is 0.104 e. The maximum Gasteiger partial charge on any atom is 0.104 e. The maximum absolute atomic E-state index is 5.56. The van der Waals surface area contributed by atoms with Crippen molar-refractivity contribution in [3.63, 3.8) is 0 Å². The van der Waals surface area contributed by atoms with Gasteiger partial charge in [-0.25, -0.2) is 0 Å². The lowest BCUT2D eigenvalue weighted by atomic mass is 10.2. The molecular formula is C11H13BrN2S. The first-order chi connectivity index (χ1) is 7.08. The van der Waals surface area contributed by atoms with Gasteiger partial charge >= 0.3 is 0 Å². The topological polar surface area (TPSA) is 38.0 Å². The third-order valence-corrected chi connectivity index (χ3v) is 3.60. The van der Waals surface area contributed by atoms with Crippen molar-refractivity contribution in [3.8, 4) is 0 Å². The Bertz CT molecular complexity index is 406. The van der Waals surface area contributed by atoms with Crippen LogP contribution in [-0.2, 0) is 0 Å². The summed E-state index contributed by atoms with van der Waals surface area (Å²) in [5.74, 6) is 0.784. The zero-order valence-corrected chi connectivity index (χ0v) is 10.9. The molecule has 80 valence electrons. The number of hydrogen-bond donors (Lipinski definition) is 2. The van der Waals surface area contributed by atoms with Gasteiger partial charge in [-0.1, -0.05) is 19.1 Å². The van der Waals surface area contributed by atoms with Crippen molar-refractivity contribution in [2.75, 3.05) is 5.32 Å². The summed E-state index contributed by atoms with van der Waals surface area (Å²) < 4.78 is 1.02. The summed E-state index contributed by atoms with van der Waals surface area (Å²) in [5.41, 5.74) is 7.57. The first-order valence-electron chi connectivity index (χ1n) is 4.94. The fourth-order valence-corrected chi connectivity index (χ4v) is 2.13. The molecule has 2 nitrogen and oxygen atoms in total. The Hall–Kier alpha value is -0.610. The minimum Gasteiger partial charge on any atom is -0.389 e. The summed E-state index contributed by atoms with van der Waals surface area (Å²) in [7, 11) is 0. The monoisotopic (exact) mass is 284 g/mol. The van der Waals surface area contributed by atoms with Crippen LogP contribution in [0.15, 0.2) is 22.7 Å². The molecule has 2 atom stereocenters. The number of benzene rings is 1. The molecule has 4 heteroatoms. The summed E-state index contributed by atoms with van der Waals surface area (Å²) in [6.07, 6.45) is 1.25. The number of hydrogen-bond acceptors (Lipinski definition) is 2. The van der Waals surface area contributed by atoms with Gasteiger partial charge in [0, 0.05) is 21.8 Å². The normalized spacial score (nSPS) is 23.6. The van der Waals surface area contributed by atoms with E-state index in [1.54, 1.807) is 0 Å². The Kier molecular flexibility index (Phi) is 2.98. The Balaban J connectivity index is 2.15. The number of nitrogens with one attached hydrogen (secondary N) is 1. The van der Waals surface area contributed by atoms with Gasteiger partial charge in [0.15, 0.2) is 0 Å². The molecule has 2 unspecified atom stereocenters. The van der Waals surface area contributed by atoms with Crippen LogP contribution in [0.2, 0.25) is 0 Å². The maximum atomic E-state index is 5.56. The fraction of sp³-hybridized carbons (Fsp3) is 0.364. The van der Waals surface area contributed by atoms with Gasteiger partial charge in [0.1, 0.15) is 4.99 Å². The van der Waals surface area contributed by atoms with E-state index in [9.17, 15) is 0 Å². The van der Waals surface area contributed by atoms with Crippen molar-refractivity contribution in [3.05, 3.63) is 28.2 Å². The number of anilines is 1. The molecule has 0 spiro atoms. The largest absolute Gasteiger partial charge is 0.389 e. The summed E-state index contributed by atoms with van der Waals surface area (Å²) in [5, 5.41) is 3.47. The molecule has 0 radical (unpaired) electrons. The van der Waals surface area contributed by atoms with Crippen LogP contribution in [0.25, 0.3) is 0 Å². The van der Waals surface area contributed by atoms with E-state index < -0.39 is 0 Å². The molecule has 3 N–H and O–H groups in total. The second-order valence-electron chi connectivity index (χ2n) is 4.02. The van der Waals surface area contributed by atoms with Crippen LogP contribution in [0.3, 0.4) is 0 Å². The van der Waals surface area contributed by atoms with Crippen LogP contribution in [0.5, 0.6) is 0 Å². The Morgan fingerprint density at radius 1 is 1.60 bits per heavy atom. The highest BCUT2D eigenvalue weighted by atomic mass is 79.9. The molecule has 0 aromatic heterocycles. The van der Waals surface area contributed by atoms with E-state index in [1.165, 1.54) is 6.42 Å². The van der Waals surface area contributed by atoms with E-state index in [1.807, 2.05) is 18.2 Å². The lowest BCUT2D eigenvalue weighted by Gasteiger charge is -2.09. The van der Waals surface area contributed by atoms with Crippen molar-refractivity contribution in [2.24, 2.45) is 11.7 Å². The van der Waals surface area contributed by atoms with Gasteiger partial charge in [-0.3, -0.25) is 0 Å². The van der Waals surface area contributed by atoms with Crippen LogP contribution < -0.4 is 11.1 Å². The molecule has 0 amide bonds. The molecule has 1 aromatic carbocycles. The third-order valence-electron chi connectivity index (χ3n) is 2.70. The van der Waals surface area contributed by atoms with Gasteiger partial charge in [0.05, 0.1) is 0 Å². The van der Waals surface area contributed by atoms with E-state index in [2.05, 4.69) is 28.2 Å². The number of thiocarbonyl (C=S) groups is 1. The molecule has 1 saturated carbocycles. The highest BCUT2D eigenvalue weighted by Crippen LogP contribution is 2.35. The van der Waals surface area contributed by atoms with Gasteiger partial charge in [0.25, 0.3) is 0 Å². The average Bonchev–Trinajstić information content (AvgIpc) is 2.85. The summed E-state index contributed by atoms with van der Waals surface area (Å²) >= 11 is 8.43. The molecule has 1 fully saturated rings. The third kappa shape index (κ3) is 2.49. The predicted molar refractivity (Wildman–Crippen MR) is 71.2 cm³/mol. The van der Waals surface area contributed by atoms with Crippen LogP contribution >= 0.6 is 28.1 Å². The van der Waals surface area contributed by atoms with E-state index in [-0.39, 0.29) is 0 Å². The van der Waals surface area contributed by atoms with Crippen LogP contribution in [0.1, 0.15) is 18.9 Å². The Labute approximate surface area is 103 Å². The lowest BCUT2D eigenvalue weighted by Crippen LogP contribution is -2.10. The zero-order valence-electron chi connectivity index (χ0n) is 8.46. The number of halogens is 1. The Morgan fingerprint density at radius 3 is 2.73 bits per heavy atom. The van der Waals surface area contributed by atoms with Gasteiger partial charge in [-0.05, 0) is 46.5 Å². The molecule has 1 aromatic rings. The molecule has 0 bridgehead atoms. The van der Waals surface area contributed by atoms with Gasteiger partial charge in [-0.15, -0.1) is 0 Å². The quantitative estimate of drug-likeness (QED) is 0.839. The first kappa shape index (κ1) is 10.9. The van der Waals surface area contributed by atoms with E-state index in [4.69, 9.17) is 18.0 Å². The van der Waals surface area contributed by atoms with Gasteiger partial charge in [0.2, 0.25) is 0 Å². The van der Waals surface area contributed by atoms with Crippen LogP contribution in [0.4, 0.5) is 5.69 Å². The minimum atomic E-state index is 0.432. The predicted octanol–water partition coefficient (Wildman–Crippen LogP) is 2.90. The van der Waals surface area contributed by atoms with Crippen molar-refractivity contribution in [2.45, 2.75) is 19.4 Å². The van der Waals surface area contributed by atoms with E-state index >= 15 is 0 Å². The fourth-order valence-electron chi connectivity index (χ4n) is 1.51. The SMILES string of the molecule is CC1CC1Nc1ccc(C(N)=S)cc1Br. The van der Waals surface area contributed by atoms with E-state index in [0.29, 0.717) is 11.0 Å². The van der Waals surface area contributed by atoms with Gasteiger partial charge < -0.3 is 11.1 Å². The van der Waals surface area contributed by atoms with Crippen LogP contribution in [0, 0.1) is 5.92 Å². The van der Waals surface area contributed by atoms with Crippen LogP contribution in [-0.4, -0.2) is 11.0 Å². The second-order valence-corrected chi connectivity index (χ2v) is 5.32. The highest BCUT2D eigenvalue weighted by molar-refractivity contribution is 9.10. The molecule has 0 heterocycles. The van der Waals surface area contributed by atoms with Crippen molar-refractivity contribution < 1.29 is 0 Å². The molecule has 0 saturated heterocycles. The minimum absolute atomic E-state index is 0.432. The molecule has 1 aliphatic carbocycles. The average molecular weight is 285 g/mol.